The van der Waals surface area contributed by atoms with Crippen molar-refractivity contribution in [2.24, 2.45) is 12.0 Å². The first-order valence-corrected chi connectivity index (χ1v) is 7.86. The molecule has 1 aliphatic heterocycles. The summed E-state index contributed by atoms with van der Waals surface area (Å²) in [7, 11) is 1.95. The lowest BCUT2D eigenvalue weighted by atomic mass is 10.0. The highest BCUT2D eigenvalue weighted by molar-refractivity contribution is 5.80. The van der Waals surface area contributed by atoms with E-state index in [1.54, 1.807) is 0 Å². The van der Waals surface area contributed by atoms with Gasteiger partial charge in [0, 0.05) is 52.3 Å². The highest BCUT2D eigenvalue weighted by Crippen LogP contribution is 2.26. The summed E-state index contributed by atoms with van der Waals surface area (Å²) in [4.78, 5) is 17.8. The van der Waals surface area contributed by atoms with E-state index in [-0.39, 0.29) is 5.91 Å². The topological polar surface area (TPSA) is 74.6 Å². The van der Waals surface area contributed by atoms with Crippen molar-refractivity contribution in [1.82, 2.24) is 25.3 Å². The zero-order valence-electron chi connectivity index (χ0n) is 13.7. The Balaban J connectivity index is 1.92. The molecule has 0 aliphatic carbocycles. The van der Waals surface area contributed by atoms with Gasteiger partial charge in [-0.15, -0.1) is 0 Å². The summed E-state index contributed by atoms with van der Waals surface area (Å²) in [6.07, 6.45) is 5.16. The van der Waals surface area contributed by atoms with Crippen LogP contribution >= 0.6 is 0 Å². The lowest BCUT2D eigenvalue weighted by molar-refractivity contribution is -0.118. The Kier molecular flexibility index (Phi) is 5.80. The van der Waals surface area contributed by atoms with Gasteiger partial charge in [0.25, 0.3) is 0 Å². The van der Waals surface area contributed by atoms with Crippen LogP contribution in [0.1, 0.15) is 31.7 Å². The van der Waals surface area contributed by atoms with Crippen LogP contribution < -0.4 is 10.6 Å². The molecule has 0 bridgehead atoms. The van der Waals surface area contributed by atoms with Crippen molar-refractivity contribution in [3.05, 3.63) is 18.0 Å². The maximum absolute atomic E-state index is 10.9. The number of aliphatic imine (C=N–C) groups is 1. The van der Waals surface area contributed by atoms with Crippen LogP contribution in [0, 0.1) is 0 Å². The number of rotatable bonds is 5. The maximum atomic E-state index is 10.9. The number of hydrogen-bond acceptors (Lipinski definition) is 3. The molecule has 1 aromatic heterocycles. The molecule has 2 heterocycles. The van der Waals surface area contributed by atoms with Gasteiger partial charge in [-0.25, -0.2) is 0 Å². The van der Waals surface area contributed by atoms with Crippen molar-refractivity contribution < 1.29 is 4.79 Å². The predicted octanol–water partition coefficient (Wildman–Crippen LogP) is 0.311. The average Bonchev–Trinajstić information content (AvgIpc) is 3.10. The summed E-state index contributed by atoms with van der Waals surface area (Å²) < 4.78 is 1.85. The Morgan fingerprint density at radius 1 is 1.50 bits per heavy atom. The Morgan fingerprint density at radius 3 is 2.95 bits per heavy atom. The van der Waals surface area contributed by atoms with Crippen molar-refractivity contribution in [2.45, 2.75) is 26.2 Å². The first-order valence-electron chi connectivity index (χ1n) is 7.86. The number of aromatic nitrogens is 2. The molecule has 1 atom stereocenters. The Hall–Kier alpha value is -2.05. The third-order valence-electron chi connectivity index (χ3n) is 3.77. The summed E-state index contributed by atoms with van der Waals surface area (Å²) in [6.45, 7) is 7.54. The third kappa shape index (κ3) is 4.47. The summed E-state index contributed by atoms with van der Waals surface area (Å²) in [6, 6.07) is 0. The van der Waals surface area contributed by atoms with E-state index in [2.05, 4.69) is 38.7 Å². The summed E-state index contributed by atoms with van der Waals surface area (Å²) >= 11 is 0. The standard InChI is InChI=1S/C15H26N6O/c1-4-16-15(18-7-6-17-12(2)22)21-8-5-13(11-21)14-9-19-20(3)10-14/h9-10,13H,4-8,11H2,1-3H3,(H,16,18)(H,17,22). The molecular formula is C15H26N6O. The van der Waals surface area contributed by atoms with Crippen molar-refractivity contribution in [2.75, 3.05) is 32.7 Å². The van der Waals surface area contributed by atoms with Crippen LogP contribution in [0.2, 0.25) is 0 Å². The lowest BCUT2D eigenvalue weighted by Gasteiger charge is -2.21. The number of nitrogens with one attached hydrogen (secondary N) is 2. The number of likely N-dealkylation sites (tertiary alicyclic amines) is 1. The molecule has 1 aromatic rings. The van der Waals surface area contributed by atoms with Crippen LogP contribution in [0.3, 0.4) is 0 Å². The zero-order valence-corrected chi connectivity index (χ0v) is 13.7. The Morgan fingerprint density at radius 2 is 2.32 bits per heavy atom. The molecule has 1 aliphatic rings. The van der Waals surface area contributed by atoms with Gasteiger partial charge in [-0.2, -0.15) is 5.10 Å². The predicted molar refractivity (Wildman–Crippen MR) is 86.8 cm³/mol. The van der Waals surface area contributed by atoms with Crippen LogP contribution in [0.4, 0.5) is 0 Å². The van der Waals surface area contributed by atoms with E-state index < -0.39 is 0 Å². The summed E-state index contributed by atoms with van der Waals surface area (Å²) in [5.74, 6) is 1.42. The average molecular weight is 306 g/mol. The third-order valence-corrected chi connectivity index (χ3v) is 3.77. The van der Waals surface area contributed by atoms with Gasteiger partial charge < -0.3 is 15.5 Å². The van der Waals surface area contributed by atoms with Gasteiger partial charge in [-0.05, 0) is 18.9 Å². The van der Waals surface area contributed by atoms with E-state index in [4.69, 9.17) is 0 Å². The minimum Gasteiger partial charge on any atom is -0.357 e. The number of nitrogens with zero attached hydrogens (tertiary/aromatic N) is 4. The fourth-order valence-corrected chi connectivity index (χ4v) is 2.70. The number of hydrogen-bond donors (Lipinski definition) is 2. The van der Waals surface area contributed by atoms with E-state index in [1.807, 2.05) is 17.9 Å². The first-order chi connectivity index (χ1) is 10.6. The van der Waals surface area contributed by atoms with Gasteiger partial charge in [-0.3, -0.25) is 14.5 Å². The number of carbonyl (C=O) groups is 1. The second-order valence-electron chi connectivity index (χ2n) is 5.60. The van der Waals surface area contributed by atoms with Gasteiger partial charge in [-0.1, -0.05) is 0 Å². The monoisotopic (exact) mass is 306 g/mol. The fraction of sp³-hybridized carbons (Fsp3) is 0.667. The fourth-order valence-electron chi connectivity index (χ4n) is 2.70. The van der Waals surface area contributed by atoms with E-state index in [1.165, 1.54) is 12.5 Å². The van der Waals surface area contributed by atoms with Crippen LogP contribution in [0.25, 0.3) is 0 Å². The van der Waals surface area contributed by atoms with Crippen molar-refractivity contribution >= 4 is 11.9 Å². The second-order valence-corrected chi connectivity index (χ2v) is 5.60. The SMILES string of the molecule is CCNC(=NCCNC(C)=O)N1CCC(c2cnn(C)c2)C1. The molecule has 0 saturated carbocycles. The second kappa shape index (κ2) is 7.82. The van der Waals surface area contributed by atoms with Gasteiger partial charge >= 0.3 is 0 Å². The number of aryl methyl sites for hydroxylation is 1. The van der Waals surface area contributed by atoms with Crippen molar-refractivity contribution in [3.8, 4) is 0 Å². The lowest BCUT2D eigenvalue weighted by Crippen LogP contribution is -2.40. The number of carbonyl (C=O) groups excluding carboxylic acids is 1. The molecule has 1 unspecified atom stereocenters. The molecule has 0 aromatic carbocycles. The molecule has 7 heteroatoms. The maximum Gasteiger partial charge on any atom is 0.216 e. The molecule has 22 heavy (non-hydrogen) atoms. The number of guanidine groups is 1. The van der Waals surface area contributed by atoms with E-state index >= 15 is 0 Å². The Bertz CT molecular complexity index is 524. The molecule has 1 fully saturated rings. The van der Waals surface area contributed by atoms with E-state index in [0.29, 0.717) is 19.0 Å². The van der Waals surface area contributed by atoms with Crippen molar-refractivity contribution in [1.29, 1.82) is 0 Å². The normalized spacial score (nSPS) is 18.6. The molecule has 7 nitrogen and oxygen atoms in total. The summed E-state index contributed by atoms with van der Waals surface area (Å²) in [5.41, 5.74) is 1.29. The Labute approximate surface area is 131 Å². The van der Waals surface area contributed by atoms with E-state index in [0.717, 1.165) is 32.0 Å². The van der Waals surface area contributed by atoms with E-state index in [9.17, 15) is 4.79 Å². The molecular weight excluding hydrogens is 280 g/mol. The van der Waals surface area contributed by atoms with Gasteiger partial charge in [0.2, 0.25) is 5.91 Å². The molecule has 122 valence electrons. The van der Waals surface area contributed by atoms with Gasteiger partial charge in [0.15, 0.2) is 5.96 Å². The van der Waals surface area contributed by atoms with Gasteiger partial charge in [0.1, 0.15) is 0 Å². The first kappa shape index (κ1) is 16.3. The molecule has 0 radical (unpaired) electrons. The smallest absolute Gasteiger partial charge is 0.216 e. The minimum atomic E-state index is -0.0157. The molecule has 2 rings (SSSR count). The van der Waals surface area contributed by atoms with Gasteiger partial charge in [0.05, 0.1) is 12.7 Å². The summed E-state index contributed by atoms with van der Waals surface area (Å²) in [5, 5.41) is 10.4. The van der Waals surface area contributed by atoms with Crippen molar-refractivity contribution in [3.63, 3.8) is 0 Å². The van der Waals surface area contributed by atoms with Crippen LogP contribution in [-0.4, -0.2) is 59.3 Å². The molecule has 1 saturated heterocycles. The molecule has 0 spiro atoms. The van der Waals surface area contributed by atoms with Crippen LogP contribution in [-0.2, 0) is 11.8 Å². The number of amides is 1. The highest BCUT2D eigenvalue weighted by atomic mass is 16.1. The molecule has 1 amide bonds. The highest BCUT2D eigenvalue weighted by Gasteiger charge is 2.26. The zero-order chi connectivity index (χ0) is 15.9. The minimum absolute atomic E-state index is 0.0157. The quantitative estimate of drug-likeness (QED) is 0.466. The van der Waals surface area contributed by atoms with Crippen LogP contribution in [0.5, 0.6) is 0 Å². The van der Waals surface area contributed by atoms with Crippen LogP contribution in [0.15, 0.2) is 17.4 Å². The molecule has 2 N–H and O–H groups in total. The largest absolute Gasteiger partial charge is 0.357 e.